The Kier molecular flexibility index (Phi) is 8.88. The zero-order valence-electron chi connectivity index (χ0n) is 11.2. The third-order valence-electron chi connectivity index (χ3n) is 2.65. The Labute approximate surface area is 101 Å². The van der Waals surface area contributed by atoms with E-state index in [9.17, 15) is 4.79 Å². The minimum Gasteiger partial charge on any atom is -0.303 e. The molecule has 2 unspecified atom stereocenters. The van der Waals surface area contributed by atoms with Crippen molar-refractivity contribution < 1.29 is 4.79 Å². The summed E-state index contributed by atoms with van der Waals surface area (Å²) in [4.78, 5) is 10.4. The number of carbonyl (C=O) groups excluding carboxylic acids is 1. The summed E-state index contributed by atoms with van der Waals surface area (Å²) in [6.07, 6.45) is 11.8. The van der Waals surface area contributed by atoms with Crippen molar-refractivity contribution in [3.05, 3.63) is 23.8 Å². The highest BCUT2D eigenvalue weighted by Gasteiger charge is 2.03. The number of hydrogen-bond acceptors (Lipinski definition) is 1. The van der Waals surface area contributed by atoms with Crippen molar-refractivity contribution in [1.82, 2.24) is 0 Å². The molecule has 0 aliphatic rings. The molecule has 1 heteroatoms. The van der Waals surface area contributed by atoms with Gasteiger partial charge in [-0.05, 0) is 38.0 Å². The van der Waals surface area contributed by atoms with Gasteiger partial charge in [-0.2, -0.15) is 0 Å². The van der Waals surface area contributed by atoms with Crippen LogP contribution >= 0.6 is 0 Å². The van der Waals surface area contributed by atoms with Crippen molar-refractivity contribution in [1.29, 1.82) is 0 Å². The minimum absolute atomic E-state index is 0.385. The van der Waals surface area contributed by atoms with E-state index >= 15 is 0 Å². The van der Waals surface area contributed by atoms with Crippen LogP contribution in [0.15, 0.2) is 23.8 Å². The van der Waals surface area contributed by atoms with Crippen molar-refractivity contribution in [2.75, 3.05) is 0 Å². The Morgan fingerprint density at radius 1 is 1.19 bits per heavy atom. The van der Waals surface area contributed by atoms with Gasteiger partial charge in [0.2, 0.25) is 0 Å². The van der Waals surface area contributed by atoms with E-state index in [2.05, 4.69) is 45.9 Å². The Morgan fingerprint density at radius 3 is 2.44 bits per heavy atom. The van der Waals surface area contributed by atoms with Crippen LogP contribution in [-0.4, -0.2) is 6.29 Å². The van der Waals surface area contributed by atoms with Gasteiger partial charge in [0.1, 0.15) is 6.29 Å². The van der Waals surface area contributed by atoms with Crippen molar-refractivity contribution in [2.24, 2.45) is 11.8 Å². The monoisotopic (exact) mass is 222 g/mol. The molecule has 1 nitrogen and oxygen atoms in total. The van der Waals surface area contributed by atoms with E-state index in [-0.39, 0.29) is 0 Å². The van der Waals surface area contributed by atoms with Gasteiger partial charge in [0.05, 0.1) is 0 Å². The summed E-state index contributed by atoms with van der Waals surface area (Å²) < 4.78 is 0. The highest BCUT2D eigenvalue weighted by atomic mass is 16.1. The predicted molar refractivity (Wildman–Crippen MR) is 71.4 cm³/mol. The van der Waals surface area contributed by atoms with Crippen LogP contribution in [0, 0.1) is 11.8 Å². The third-order valence-corrected chi connectivity index (χ3v) is 2.65. The lowest BCUT2D eigenvalue weighted by Crippen LogP contribution is -1.97. The molecule has 0 aromatic carbocycles. The number of aldehydes is 1. The van der Waals surface area contributed by atoms with Gasteiger partial charge in [-0.3, -0.25) is 0 Å². The molecule has 0 N–H and O–H groups in total. The van der Waals surface area contributed by atoms with Crippen LogP contribution in [0.2, 0.25) is 0 Å². The Morgan fingerprint density at radius 2 is 1.88 bits per heavy atom. The van der Waals surface area contributed by atoms with Gasteiger partial charge in [0, 0.05) is 6.42 Å². The van der Waals surface area contributed by atoms with Crippen molar-refractivity contribution in [2.45, 2.75) is 53.4 Å². The zero-order chi connectivity index (χ0) is 12.4. The van der Waals surface area contributed by atoms with E-state index in [1.54, 1.807) is 0 Å². The van der Waals surface area contributed by atoms with Gasteiger partial charge in [-0.25, -0.2) is 0 Å². The minimum atomic E-state index is 0.385. The normalized spacial score (nSPS) is 16.4. The second kappa shape index (κ2) is 9.38. The Hall–Kier alpha value is -0.850. The van der Waals surface area contributed by atoms with Gasteiger partial charge < -0.3 is 4.79 Å². The molecule has 0 aromatic rings. The standard InChI is InChI=1S/C15H26O/c1-5-6-7-8-13(2)11-15(4)12-14(3)9-10-16/h6-7,10,12-14H,5,8-9,11H2,1-4H3/b7-6+,15-12+. The van der Waals surface area contributed by atoms with Crippen LogP contribution in [0.1, 0.15) is 53.4 Å². The Balaban J connectivity index is 3.97. The van der Waals surface area contributed by atoms with E-state index in [1.165, 1.54) is 5.57 Å². The average Bonchev–Trinajstić information content (AvgIpc) is 2.17. The highest BCUT2D eigenvalue weighted by molar-refractivity contribution is 5.50. The quantitative estimate of drug-likeness (QED) is 0.435. The molecule has 92 valence electrons. The SMILES string of the molecule is CC/C=C/CC(C)C/C(C)=C/C(C)CC=O. The fourth-order valence-electron chi connectivity index (χ4n) is 1.90. The molecule has 0 spiro atoms. The molecular weight excluding hydrogens is 196 g/mol. The van der Waals surface area contributed by atoms with Gasteiger partial charge in [-0.1, -0.05) is 44.6 Å². The number of carbonyl (C=O) groups is 1. The molecule has 0 radical (unpaired) electrons. The molecule has 0 heterocycles. The molecule has 0 bridgehead atoms. The molecule has 0 amide bonds. The van der Waals surface area contributed by atoms with E-state index in [0.717, 1.165) is 25.5 Å². The summed E-state index contributed by atoms with van der Waals surface area (Å²) in [5, 5.41) is 0. The van der Waals surface area contributed by atoms with E-state index < -0.39 is 0 Å². The molecular formula is C15H26O. The molecule has 2 atom stereocenters. The summed E-state index contributed by atoms with van der Waals surface area (Å²) in [6, 6.07) is 0. The summed E-state index contributed by atoms with van der Waals surface area (Å²) in [7, 11) is 0. The molecule has 0 saturated carbocycles. The number of rotatable bonds is 8. The maximum absolute atomic E-state index is 10.4. The number of allylic oxidation sites excluding steroid dienone is 4. The second-order valence-corrected chi connectivity index (χ2v) is 4.82. The maximum atomic E-state index is 10.4. The summed E-state index contributed by atoms with van der Waals surface area (Å²) in [5.74, 6) is 1.08. The van der Waals surface area contributed by atoms with Gasteiger partial charge in [-0.15, -0.1) is 0 Å². The molecule has 0 aliphatic heterocycles. The van der Waals surface area contributed by atoms with E-state index in [1.807, 2.05) is 0 Å². The van der Waals surface area contributed by atoms with Crippen LogP contribution in [0.25, 0.3) is 0 Å². The lowest BCUT2D eigenvalue weighted by Gasteiger charge is -2.10. The molecule has 0 fully saturated rings. The van der Waals surface area contributed by atoms with Crippen molar-refractivity contribution in [3.63, 3.8) is 0 Å². The van der Waals surface area contributed by atoms with E-state index in [0.29, 0.717) is 18.3 Å². The largest absolute Gasteiger partial charge is 0.303 e. The first-order chi connectivity index (χ1) is 7.60. The first-order valence-corrected chi connectivity index (χ1v) is 6.36. The Bertz CT molecular complexity index is 238. The smallest absolute Gasteiger partial charge is 0.120 e. The summed E-state index contributed by atoms with van der Waals surface area (Å²) >= 11 is 0. The fourth-order valence-corrected chi connectivity index (χ4v) is 1.90. The van der Waals surface area contributed by atoms with Crippen molar-refractivity contribution >= 4 is 6.29 Å². The molecule has 16 heavy (non-hydrogen) atoms. The molecule has 0 aliphatic carbocycles. The van der Waals surface area contributed by atoms with E-state index in [4.69, 9.17) is 0 Å². The molecule has 0 saturated heterocycles. The summed E-state index contributed by atoms with van der Waals surface area (Å²) in [6.45, 7) is 8.70. The van der Waals surface area contributed by atoms with Gasteiger partial charge in [0.25, 0.3) is 0 Å². The third kappa shape index (κ3) is 8.46. The van der Waals surface area contributed by atoms with Crippen LogP contribution in [-0.2, 0) is 4.79 Å². The predicted octanol–water partition coefficient (Wildman–Crippen LogP) is 4.54. The molecule has 0 rings (SSSR count). The van der Waals surface area contributed by atoms with Crippen LogP contribution in [0.5, 0.6) is 0 Å². The van der Waals surface area contributed by atoms with Gasteiger partial charge in [0.15, 0.2) is 0 Å². The fraction of sp³-hybridized carbons (Fsp3) is 0.667. The second-order valence-electron chi connectivity index (χ2n) is 4.82. The van der Waals surface area contributed by atoms with Crippen LogP contribution < -0.4 is 0 Å². The van der Waals surface area contributed by atoms with Crippen LogP contribution in [0.4, 0.5) is 0 Å². The first-order valence-electron chi connectivity index (χ1n) is 6.36. The topological polar surface area (TPSA) is 17.1 Å². The molecule has 0 aromatic heterocycles. The summed E-state index contributed by atoms with van der Waals surface area (Å²) in [5.41, 5.74) is 1.41. The highest BCUT2D eigenvalue weighted by Crippen LogP contribution is 2.17. The lowest BCUT2D eigenvalue weighted by molar-refractivity contribution is -0.108. The maximum Gasteiger partial charge on any atom is 0.120 e. The van der Waals surface area contributed by atoms with Crippen molar-refractivity contribution in [3.8, 4) is 0 Å². The zero-order valence-corrected chi connectivity index (χ0v) is 11.2. The lowest BCUT2D eigenvalue weighted by atomic mass is 9.95. The average molecular weight is 222 g/mol. The van der Waals surface area contributed by atoms with Gasteiger partial charge >= 0.3 is 0 Å². The van der Waals surface area contributed by atoms with Crippen LogP contribution in [0.3, 0.4) is 0 Å². The number of hydrogen-bond donors (Lipinski definition) is 0. The first kappa shape index (κ1) is 15.2.